The Hall–Kier alpha value is -1.80. The lowest BCUT2D eigenvalue weighted by Crippen LogP contribution is -2.40. The van der Waals surface area contributed by atoms with Gasteiger partial charge in [0.1, 0.15) is 11.3 Å². The molecule has 0 aromatic carbocycles. The third-order valence-electron chi connectivity index (χ3n) is 5.09. The lowest BCUT2D eigenvalue weighted by Gasteiger charge is -2.23. The van der Waals surface area contributed by atoms with Crippen LogP contribution < -0.4 is 5.32 Å². The van der Waals surface area contributed by atoms with Gasteiger partial charge in [-0.25, -0.2) is 0 Å². The Morgan fingerprint density at radius 2 is 2.33 bits per heavy atom. The molecule has 1 amide bonds. The van der Waals surface area contributed by atoms with E-state index in [-0.39, 0.29) is 5.91 Å². The molecule has 1 atom stereocenters. The first-order valence-electron chi connectivity index (χ1n) is 8.68. The number of hydrogen-bond acceptors (Lipinski definition) is 6. The van der Waals surface area contributed by atoms with Gasteiger partial charge in [0.15, 0.2) is 0 Å². The van der Waals surface area contributed by atoms with Crippen molar-refractivity contribution in [1.82, 2.24) is 30.4 Å². The summed E-state index contributed by atoms with van der Waals surface area (Å²) in [5.41, 5.74) is 1.97. The molecule has 4 rings (SSSR count). The Morgan fingerprint density at radius 3 is 3.12 bits per heavy atom. The van der Waals surface area contributed by atoms with Crippen LogP contribution in [-0.4, -0.2) is 56.7 Å². The maximum atomic E-state index is 12.9. The molecule has 0 spiro atoms. The monoisotopic (exact) mass is 346 g/mol. The molecule has 0 saturated carbocycles. The predicted octanol–water partition coefficient (Wildman–Crippen LogP) is 1.43. The van der Waals surface area contributed by atoms with E-state index < -0.39 is 0 Å². The smallest absolute Gasteiger partial charge is 0.254 e. The van der Waals surface area contributed by atoms with Crippen molar-refractivity contribution in [3.05, 3.63) is 22.3 Å². The van der Waals surface area contributed by atoms with Crippen molar-refractivity contribution in [2.75, 3.05) is 19.6 Å². The van der Waals surface area contributed by atoms with Gasteiger partial charge in [-0.1, -0.05) is 6.92 Å². The largest absolute Gasteiger partial charge is 0.350 e. The first-order valence-corrected chi connectivity index (χ1v) is 9.49. The van der Waals surface area contributed by atoms with E-state index in [1.54, 1.807) is 22.3 Å². The van der Waals surface area contributed by atoms with Crippen molar-refractivity contribution in [3.8, 4) is 5.00 Å². The van der Waals surface area contributed by atoms with Gasteiger partial charge in [0.25, 0.3) is 5.91 Å². The quantitative estimate of drug-likeness (QED) is 0.886. The van der Waals surface area contributed by atoms with E-state index in [1.807, 2.05) is 0 Å². The van der Waals surface area contributed by atoms with Crippen LogP contribution in [0.1, 0.15) is 47.0 Å². The van der Waals surface area contributed by atoms with Gasteiger partial charge in [0.2, 0.25) is 0 Å². The Morgan fingerprint density at radius 1 is 1.42 bits per heavy atom. The van der Waals surface area contributed by atoms with Crippen LogP contribution in [0.2, 0.25) is 0 Å². The number of rotatable bonds is 5. The number of tetrazole rings is 1. The summed E-state index contributed by atoms with van der Waals surface area (Å²) in [7, 11) is 0. The summed E-state index contributed by atoms with van der Waals surface area (Å²) < 4.78 is 1.62. The molecule has 2 aromatic rings. The molecule has 7 nitrogen and oxygen atoms in total. The average Bonchev–Trinajstić information content (AvgIpc) is 3.35. The molecule has 2 aliphatic rings. The average molecular weight is 346 g/mol. The second-order valence-corrected chi connectivity index (χ2v) is 7.51. The maximum Gasteiger partial charge on any atom is 0.254 e. The van der Waals surface area contributed by atoms with Crippen LogP contribution in [0.5, 0.6) is 0 Å². The molecule has 1 unspecified atom stereocenters. The van der Waals surface area contributed by atoms with Gasteiger partial charge in [-0.15, -0.1) is 16.4 Å². The van der Waals surface area contributed by atoms with Crippen LogP contribution in [0.15, 0.2) is 6.33 Å². The van der Waals surface area contributed by atoms with E-state index in [2.05, 4.69) is 32.7 Å². The minimum Gasteiger partial charge on any atom is -0.350 e. The molecule has 1 aliphatic carbocycles. The number of nitrogens with zero attached hydrogens (tertiary/aromatic N) is 5. The van der Waals surface area contributed by atoms with Crippen LogP contribution in [0, 0.1) is 0 Å². The summed E-state index contributed by atoms with van der Waals surface area (Å²) in [4.78, 5) is 16.7. The summed E-state index contributed by atoms with van der Waals surface area (Å²) in [5.74, 6) is 0.0165. The molecule has 1 aliphatic heterocycles. The fraction of sp³-hybridized carbons (Fsp3) is 0.625. The number of aryl methyl sites for hydroxylation is 1. The van der Waals surface area contributed by atoms with Crippen LogP contribution >= 0.6 is 11.3 Å². The van der Waals surface area contributed by atoms with E-state index >= 15 is 0 Å². The van der Waals surface area contributed by atoms with Gasteiger partial charge in [-0.3, -0.25) is 9.69 Å². The molecule has 0 bridgehead atoms. The lowest BCUT2D eigenvalue weighted by molar-refractivity contribution is 0.0941. The Kier molecular flexibility index (Phi) is 4.32. The van der Waals surface area contributed by atoms with E-state index in [9.17, 15) is 4.79 Å². The molecule has 8 heteroatoms. The molecule has 1 saturated heterocycles. The van der Waals surface area contributed by atoms with Crippen LogP contribution in [0.3, 0.4) is 0 Å². The van der Waals surface area contributed by atoms with E-state index in [0.29, 0.717) is 12.6 Å². The number of aromatic nitrogens is 4. The number of nitrogens with one attached hydrogen (secondary N) is 1. The van der Waals surface area contributed by atoms with Crippen molar-refractivity contribution in [3.63, 3.8) is 0 Å². The first-order chi connectivity index (χ1) is 11.8. The van der Waals surface area contributed by atoms with Gasteiger partial charge >= 0.3 is 0 Å². The zero-order chi connectivity index (χ0) is 16.5. The fourth-order valence-electron chi connectivity index (χ4n) is 3.88. The van der Waals surface area contributed by atoms with Gasteiger partial charge in [-0.05, 0) is 61.2 Å². The summed E-state index contributed by atoms with van der Waals surface area (Å²) in [6.45, 7) is 5.08. The summed E-state index contributed by atoms with van der Waals surface area (Å²) in [6, 6.07) is 0.460. The zero-order valence-corrected chi connectivity index (χ0v) is 14.7. The molecule has 0 radical (unpaired) electrons. The minimum atomic E-state index is 0.0165. The zero-order valence-electron chi connectivity index (χ0n) is 13.9. The van der Waals surface area contributed by atoms with Crippen LogP contribution in [0.4, 0.5) is 0 Å². The second kappa shape index (κ2) is 6.60. The van der Waals surface area contributed by atoms with E-state index in [1.165, 1.54) is 16.9 Å². The summed E-state index contributed by atoms with van der Waals surface area (Å²) in [6.07, 6.45) is 7.10. The first kappa shape index (κ1) is 15.7. The van der Waals surface area contributed by atoms with Crippen molar-refractivity contribution < 1.29 is 4.79 Å². The van der Waals surface area contributed by atoms with Crippen molar-refractivity contribution in [2.45, 2.75) is 45.1 Å². The molecule has 3 heterocycles. The molecule has 128 valence electrons. The highest BCUT2D eigenvalue weighted by Crippen LogP contribution is 2.37. The summed E-state index contributed by atoms with van der Waals surface area (Å²) in [5, 5.41) is 15.4. The van der Waals surface area contributed by atoms with Crippen molar-refractivity contribution in [2.24, 2.45) is 0 Å². The second-order valence-electron chi connectivity index (χ2n) is 6.43. The molecule has 1 fully saturated rings. The highest BCUT2D eigenvalue weighted by molar-refractivity contribution is 7.15. The maximum absolute atomic E-state index is 12.9. The van der Waals surface area contributed by atoms with Gasteiger partial charge in [0.05, 0.1) is 5.56 Å². The predicted molar refractivity (Wildman–Crippen MR) is 91.7 cm³/mol. The third kappa shape index (κ3) is 2.73. The Balaban J connectivity index is 1.56. The van der Waals surface area contributed by atoms with E-state index in [4.69, 9.17) is 0 Å². The molecular formula is C16H22N6OS. The molecule has 2 aromatic heterocycles. The summed E-state index contributed by atoms with van der Waals surface area (Å²) >= 11 is 1.65. The highest BCUT2D eigenvalue weighted by Gasteiger charge is 2.29. The number of likely N-dealkylation sites (tertiary alicyclic amines) is 1. The van der Waals surface area contributed by atoms with Crippen LogP contribution in [0.25, 0.3) is 5.00 Å². The van der Waals surface area contributed by atoms with Crippen molar-refractivity contribution >= 4 is 17.2 Å². The molecule has 1 N–H and O–H groups in total. The number of hydrogen-bond donors (Lipinski definition) is 1. The molecular weight excluding hydrogens is 324 g/mol. The SMILES string of the molecule is CCN1CCCC1CNC(=O)c1c(-n2cnnn2)sc2c1CCC2. The lowest BCUT2D eigenvalue weighted by atomic mass is 10.1. The van der Waals surface area contributed by atoms with Gasteiger partial charge in [-0.2, -0.15) is 4.68 Å². The number of amides is 1. The van der Waals surface area contributed by atoms with Crippen LogP contribution in [-0.2, 0) is 12.8 Å². The van der Waals surface area contributed by atoms with E-state index in [0.717, 1.165) is 49.3 Å². The van der Waals surface area contributed by atoms with Crippen molar-refractivity contribution in [1.29, 1.82) is 0 Å². The number of fused-ring (bicyclic) bond motifs is 1. The van der Waals surface area contributed by atoms with Gasteiger partial charge < -0.3 is 5.32 Å². The Labute approximate surface area is 145 Å². The number of thiophene rings is 1. The minimum absolute atomic E-state index is 0.0165. The van der Waals surface area contributed by atoms with Gasteiger partial charge in [0, 0.05) is 17.5 Å². The molecule has 24 heavy (non-hydrogen) atoms. The normalized spacial score (nSPS) is 20.5. The number of carbonyl (C=O) groups is 1. The number of carbonyl (C=O) groups excluding carboxylic acids is 1. The third-order valence-corrected chi connectivity index (χ3v) is 6.37. The highest BCUT2D eigenvalue weighted by atomic mass is 32.1. The Bertz CT molecular complexity index is 725. The number of likely N-dealkylation sites (N-methyl/N-ethyl adjacent to an activating group) is 1. The standard InChI is InChI=1S/C16H22N6OS/c1-2-21-8-4-5-11(21)9-17-15(23)14-12-6-3-7-13(12)24-16(14)22-10-18-19-20-22/h10-11H,2-9H2,1H3,(H,17,23). The fourth-order valence-corrected chi connectivity index (χ4v) is 5.18. The topological polar surface area (TPSA) is 75.9 Å².